The van der Waals surface area contributed by atoms with Crippen molar-refractivity contribution in [2.45, 2.75) is 63.6 Å². The lowest BCUT2D eigenvalue weighted by atomic mass is 9.95. The maximum Gasteiger partial charge on any atom is 0.266 e. The quantitative estimate of drug-likeness (QED) is 0.754. The Labute approximate surface area is 167 Å². The standard InChI is InChI=1S/C19H24F2N8/c1-17(2,3)16-22-14-13(15(23-16)29-9-7-18(20,21)10-29)6-8-28(14)11-19(12-4-5-12)24-26-27-25-19/h6,8,12H,4-5,7,9-11H2,1-3H3. The number of nitrogens with zero attached hydrogens (tertiary/aromatic N) is 8. The van der Waals surface area contributed by atoms with Gasteiger partial charge in [-0.2, -0.15) is 0 Å². The minimum Gasteiger partial charge on any atom is -0.350 e. The average molecular weight is 402 g/mol. The predicted molar refractivity (Wildman–Crippen MR) is 103 cm³/mol. The fourth-order valence-corrected chi connectivity index (χ4v) is 4.04. The second kappa shape index (κ2) is 5.99. The summed E-state index contributed by atoms with van der Waals surface area (Å²) in [6, 6.07) is 1.90. The van der Waals surface area contributed by atoms with E-state index in [2.05, 4.69) is 20.7 Å². The number of hydrogen-bond donors (Lipinski definition) is 0. The van der Waals surface area contributed by atoms with Gasteiger partial charge < -0.3 is 9.47 Å². The number of anilines is 1. The van der Waals surface area contributed by atoms with E-state index in [0.717, 1.165) is 18.2 Å². The van der Waals surface area contributed by atoms with Gasteiger partial charge in [0.15, 0.2) is 0 Å². The molecule has 10 heteroatoms. The number of halogens is 2. The molecule has 29 heavy (non-hydrogen) atoms. The number of rotatable bonds is 4. The van der Waals surface area contributed by atoms with Crippen molar-refractivity contribution in [3.05, 3.63) is 18.1 Å². The molecule has 3 aliphatic rings. The van der Waals surface area contributed by atoms with Crippen LogP contribution >= 0.6 is 0 Å². The van der Waals surface area contributed by atoms with E-state index < -0.39 is 11.6 Å². The summed E-state index contributed by atoms with van der Waals surface area (Å²) in [5.74, 6) is -1.16. The molecule has 1 saturated carbocycles. The van der Waals surface area contributed by atoms with Gasteiger partial charge in [0, 0.05) is 30.5 Å². The highest BCUT2D eigenvalue weighted by molar-refractivity contribution is 5.88. The van der Waals surface area contributed by atoms with Crippen LogP contribution in [0.15, 0.2) is 32.9 Å². The first-order valence-electron chi connectivity index (χ1n) is 10.0. The second-order valence-corrected chi connectivity index (χ2v) is 9.36. The summed E-state index contributed by atoms with van der Waals surface area (Å²) < 4.78 is 29.8. The second-order valence-electron chi connectivity index (χ2n) is 9.36. The van der Waals surface area contributed by atoms with Gasteiger partial charge in [-0.05, 0) is 29.4 Å². The van der Waals surface area contributed by atoms with Crippen LogP contribution in [0.3, 0.4) is 0 Å². The number of fused-ring (bicyclic) bond motifs is 1. The van der Waals surface area contributed by atoms with Crippen LogP contribution < -0.4 is 4.90 Å². The van der Waals surface area contributed by atoms with E-state index in [4.69, 9.17) is 9.97 Å². The molecule has 5 rings (SSSR count). The van der Waals surface area contributed by atoms with Gasteiger partial charge in [-0.1, -0.05) is 20.8 Å². The van der Waals surface area contributed by atoms with E-state index in [1.54, 1.807) is 4.90 Å². The minimum absolute atomic E-state index is 0.157. The first-order chi connectivity index (χ1) is 13.7. The third-order valence-corrected chi connectivity index (χ3v) is 5.85. The molecule has 2 fully saturated rings. The van der Waals surface area contributed by atoms with Crippen molar-refractivity contribution in [1.29, 1.82) is 0 Å². The van der Waals surface area contributed by atoms with Crippen molar-refractivity contribution >= 4 is 16.9 Å². The Bertz CT molecular complexity index is 1000. The Hall–Kier alpha value is -2.52. The summed E-state index contributed by atoms with van der Waals surface area (Å²) in [7, 11) is 0. The van der Waals surface area contributed by atoms with Crippen LogP contribution in [-0.4, -0.2) is 39.2 Å². The maximum absolute atomic E-state index is 13.9. The third-order valence-electron chi connectivity index (χ3n) is 5.85. The van der Waals surface area contributed by atoms with Crippen LogP contribution in [-0.2, 0) is 12.0 Å². The van der Waals surface area contributed by atoms with Crippen molar-refractivity contribution in [2.75, 3.05) is 18.0 Å². The van der Waals surface area contributed by atoms with Crippen LogP contribution in [0.5, 0.6) is 0 Å². The van der Waals surface area contributed by atoms with Crippen molar-refractivity contribution in [3.63, 3.8) is 0 Å². The zero-order chi connectivity index (χ0) is 20.4. The monoisotopic (exact) mass is 402 g/mol. The van der Waals surface area contributed by atoms with E-state index in [0.29, 0.717) is 29.8 Å². The van der Waals surface area contributed by atoms with Gasteiger partial charge >= 0.3 is 0 Å². The molecule has 2 aliphatic heterocycles. The lowest BCUT2D eigenvalue weighted by molar-refractivity contribution is 0.0257. The molecule has 2 aromatic heterocycles. The Morgan fingerprint density at radius 1 is 1.14 bits per heavy atom. The molecule has 0 unspecified atom stereocenters. The van der Waals surface area contributed by atoms with Crippen molar-refractivity contribution in [1.82, 2.24) is 14.5 Å². The molecule has 0 atom stereocenters. The Balaban J connectivity index is 1.61. The van der Waals surface area contributed by atoms with E-state index in [-0.39, 0.29) is 24.9 Å². The van der Waals surface area contributed by atoms with E-state index in [1.807, 2.05) is 37.6 Å². The van der Waals surface area contributed by atoms with Crippen molar-refractivity contribution < 1.29 is 8.78 Å². The minimum atomic E-state index is -2.69. The van der Waals surface area contributed by atoms with Crippen LogP contribution in [0.25, 0.3) is 11.0 Å². The molecule has 0 aromatic carbocycles. The molecule has 2 aromatic rings. The van der Waals surface area contributed by atoms with Gasteiger partial charge in [0.05, 0.1) is 18.5 Å². The highest BCUT2D eigenvalue weighted by Gasteiger charge is 2.49. The van der Waals surface area contributed by atoms with E-state index in [1.165, 1.54) is 0 Å². The van der Waals surface area contributed by atoms with Crippen molar-refractivity contribution in [2.24, 2.45) is 26.6 Å². The predicted octanol–water partition coefficient (Wildman–Crippen LogP) is 4.51. The molecular weight excluding hydrogens is 378 g/mol. The number of aromatic nitrogens is 3. The molecule has 0 amide bonds. The Morgan fingerprint density at radius 3 is 2.45 bits per heavy atom. The molecule has 1 aliphatic carbocycles. The molecule has 8 nitrogen and oxygen atoms in total. The summed E-state index contributed by atoms with van der Waals surface area (Å²) in [4.78, 5) is 11.2. The average Bonchev–Trinajstić information content (AvgIpc) is 3.11. The summed E-state index contributed by atoms with van der Waals surface area (Å²) in [5.41, 5.74) is -0.284. The first kappa shape index (κ1) is 18.5. The van der Waals surface area contributed by atoms with Gasteiger partial charge in [0.25, 0.3) is 5.92 Å². The molecule has 0 N–H and O–H groups in total. The number of alkyl halides is 2. The number of hydrogen-bond acceptors (Lipinski definition) is 7. The summed E-state index contributed by atoms with van der Waals surface area (Å²) in [6.45, 7) is 6.51. The van der Waals surface area contributed by atoms with Gasteiger partial charge in [-0.25, -0.2) is 18.7 Å². The third kappa shape index (κ3) is 3.18. The molecule has 0 spiro atoms. The molecule has 0 radical (unpaired) electrons. The summed E-state index contributed by atoms with van der Waals surface area (Å²) >= 11 is 0. The highest BCUT2D eigenvalue weighted by atomic mass is 19.3. The van der Waals surface area contributed by atoms with Crippen LogP contribution in [0.4, 0.5) is 14.6 Å². The van der Waals surface area contributed by atoms with E-state index in [9.17, 15) is 8.78 Å². The van der Waals surface area contributed by atoms with Crippen molar-refractivity contribution in [3.8, 4) is 0 Å². The molecule has 4 heterocycles. The topological polar surface area (TPSA) is 83.4 Å². The highest BCUT2D eigenvalue weighted by Crippen LogP contribution is 2.46. The lowest BCUT2D eigenvalue weighted by Crippen LogP contribution is -2.31. The molecule has 1 saturated heterocycles. The fourth-order valence-electron chi connectivity index (χ4n) is 4.04. The largest absolute Gasteiger partial charge is 0.350 e. The van der Waals surface area contributed by atoms with Crippen LogP contribution in [0.2, 0.25) is 0 Å². The van der Waals surface area contributed by atoms with Crippen LogP contribution in [0, 0.1) is 5.92 Å². The molecule has 154 valence electrons. The molecular formula is C19H24F2N8. The van der Waals surface area contributed by atoms with Gasteiger partial charge in [0.2, 0.25) is 5.66 Å². The SMILES string of the molecule is CC(C)(C)c1nc(N2CCC(F)(F)C2)c2ccn(CC3(C4CC4)N=NN=N3)c2n1. The van der Waals surface area contributed by atoms with Gasteiger partial charge in [-0.3, -0.25) is 0 Å². The lowest BCUT2D eigenvalue weighted by Gasteiger charge is -2.24. The van der Waals surface area contributed by atoms with Gasteiger partial charge in [-0.15, -0.1) is 10.2 Å². The Kier molecular flexibility index (Phi) is 3.82. The summed E-state index contributed by atoms with van der Waals surface area (Å²) in [6.07, 6.45) is 3.85. The smallest absolute Gasteiger partial charge is 0.266 e. The zero-order valence-electron chi connectivity index (χ0n) is 16.8. The van der Waals surface area contributed by atoms with Crippen LogP contribution in [0.1, 0.15) is 45.9 Å². The normalized spacial score (nSPS) is 22.9. The Morgan fingerprint density at radius 2 is 1.86 bits per heavy atom. The fraction of sp³-hybridized carbons (Fsp3) is 0.684. The zero-order valence-corrected chi connectivity index (χ0v) is 16.8. The summed E-state index contributed by atoms with van der Waals surface area (Å²) in [5, 5.41) is 16.9. The van der Waals surface area contributed by atoms with E-state index >= 15 is 0 Å². The molecule has 0 bridgehead atoms. The maximum atomic E-state index is 13.9. The first-order valence-corrected chi connectivity index (χ1v) is 10.0. The van der Waals surface area contributed by atoms with Gasteiger partial charge in [0.1, 0.15) is 17.3 Å².